The van der Waals surface area contributed by atoms with E-state index in [0.29, 0.717) is 0 Å². The van der Waals surface area contributed by atoms with E-state index in [-0.39, 0.29) is 0 Å². The zero-order valence-electron chi connectivity index (χ0n) is 16.6. The maximum Gasteiger partial charge on any atom is 0.135 e. The van der Waals surface area contributed by atoms with Crippen LogP contribution in [0.5, 0.6) is 0 Å². The van der Waals surface area contributed by atoms with E-state index < -0.39 is 0 Å². The summed E-state index contributed by atoms with van der Waals surface area (Å²) in [6, 6.07) is 32.0. The zero-order chi connectivity index (χ0) is 19.5. The number of benzene rings is 4. The van der Waals surface area contributed by atoms with Crippen LogP contribution in [0.3, 0.4) is 0 Å². The van der Waals surface area contributed by atoms with Crippen molar-refractivity contribution in [3.05, 3.63) is 96.6 Å². The smallest absolute Gasteiger partial charge is 0.135 e. The van der Waals surface area contributed by atoms with Crippen LogP contribution in [-0.4, -0.2) is 0 Å². The second kappa shape index (κ2) is 7.74. The molecule has 1 aromatic heterocycles. The van der Waals surface area contributed by atoms with Crippen LogP contribution in [0.1, 0.15) is 19.4 Å². The second-order valence-corrected chi connectivity index (χ2v) is 6.76. The van der Waals surface area contributed by atoms with E-state index in [2.05, 4.69) is 85.8 Å². The van der Waals surface area contributed by atoms with Gasteiger partial charge in [-0.25, -0.2) is 0 Å². The van der Waals surface area contributed by atoms with Crippen molar-refractivity contribution in [2.45, 2.75) is 20.8 Å². The van der Waals surface area contributed by atoms with Gasteiger partial charge in [0, 0.05) is 10.8 Å². The third kappa shape index (κ3) is 3.32. The number of aryl methyl sites for hydroxylation is 1. The molecule has 138 valence electrons. The highest BCUT2D eigenvalue weighted by atomic mass is 16.3. The molecule has 5 rings (SSSR count). The Kier molecular flexibility index (Phi) is 4.99. The summed E-state index contributed by atoms with van der Waals surface area (Å²) in [5.74, 6) is 0. The first-order valence-corrected chi connectivity index (χ1v) is 9.87. The van der Waals surface area contributed by atoms with Crippen LogP contribution < -0.4 is 0 Å². The number of hydrogen-bond acceptors (Lipinski definition) is 1. The summed E-state index contributed by atoms with van der Waals surface area (Å²) in [5.41, 5.74) is 8.07. The molecular weight excluding hydrogens is 340 g/mol. The third-order valence-electron chi connectivity index (χ3n) is 4.92. The molecule has 0 N–H and O–H groups in total. The van der Waals surface area contributed by atoms with Crippen molar-refractivity contribution >= 4 is 21.9 Å². The van der Waals surface area contributed by atoms with Gasteiger partial charge >= 0.3 is 0 Å². The summed E-state index contributed by atoms with van der Waals surface area (Å²) in [6.45, 7) is 6.13. The van der Waals surface area contributed by atoms with Crippen molar-refractivity contribution in [1.29, 1.82) is 0 Å². The fourth-order valence-corrected chi connectivity index (χ4v) is 3.61. The van der Waals surface area contributed by atoms with Crippen LogP contribution in [0.2, 0.25) is 0 Å². The minimum atomic E-state index is 0.935. The molecule has 0 aliphatic heterocycles. The Bertz CT molecular complexity index is 1240. The molecule has 0 amide bonds. The molecule has 0 bridgehead atoms. The van der Waals surface area contributed by atoms with Crippen molar-refractivity contribution in [3.8, 4) is 22.3 Å². The van der Waals surface area contributed by atoms with E-state index >= 15 is 0 Å². The van der Waals surface area contributed by atoms with Crippen molar-refractivity contribution < 1.29 is 4.42 Å². The van der Waals surface area contributed by atoms with Crippen molar-refractivity contribution in [1.82, 2.24) is 0 Å². The van der Waals surface area contributed by atoms with Gasteiger partial charge in [-0.15, -0.1) is 0 Å². The third-order valence-corrected chi connectivity index (χ3v) is 4.92. The maximum absolute atomic E-state index is 5.95. The van der Waals surface area contributed by atoms with E-state index in [0.717, 1.165) is 11.2 Å². The number of furan rings is 1. The number of fused-ring (bicyclic) bond motifs is 3. The molecule has 1 heteroatoms. The van der Waals surface area contributed by atoms with Gasteiger partial charge in [0.05, 0.1) is 0 Å². The lowest BCUT2D eigenvalue weighted by Gasteiger charge is -2.07. The zero-order valence-corrected chi connectivity index (χ0v) is 16.6. The summed E-state index contributed by atoms with van der Waals surface area (Å²) in [4.78, 5) is 0. The molecule has 1 heterocycles. The Balaban J connectivity index is 0.000000932. The van der Waals surface area contributed by atoms with Gasteiger partial charge < -0.3 is 4.42 Å². The normalized spacial score (nSPS) is 10.7. The highest BCUT2D eigenvalue weighted by Gasteiger charge is 2.08. The molecule has 0 fully saturated rings. The second-order valence-electron chi connectivity index (χ2n) is 6.76. The molecule has 0 saturated heterocycles. The minimum absolute atomic E-state index is 0.935. The molecule has 0 spiro atoms. The topological polar surface area (TPSA) is 13.1 Å². The van der Waals surface area contributed by atoms with Crippen LogP contribution in [-0.2, 0) is 0 Å². The Labute approximate surface area is 166 Å². The van der Waals surface area contributed by atoms with Crippen molar-refractivity contribution in [2.24, 2.45) is 0 Å². The van der Waals surface area contributed by atoms with Gasteiger partial charge in [-0.05, 0) is 53.4 Å². The summed E-state index contributed by atoms with van der Waals surface area (Å²) < 4.78 is 5.95. The molecule has 0 aliphatic carbocycles. The molecule has 4 aromatic carbocycles. The first kappa shape index (κ1) is 18.1. The summed E-state index contributed by atoms with van der Waals surface area (Å²) in [5, 5.41) is 2.33. The van der Waals surface area contributed by atoms with Crippen molar-refractivity contribution in [3.63, 3.8) is 0 Å². The highest BCUT2D eigenvalue weighted by Crippen LogP contribution is 2.33. The van der Waals surface area contributed by atoms with Gasteiger partial charge in [0.2, 0.25) is 0 Å². The lowest BCUT2D eigenvalue weighted by Crippen LogP contribution is -1.82. The van der Waals surface area contributed by atoms with Gasteiger partial charge in [0.15, 0.2) is 0 Å². The van der Waals surface area contributed by atoms with E-state index in [1.54, 1.807) is 0 Å². The van der Waals surface area contributed by atoms with Crippen molar-refractivity contribution in [2.75, 3.05) is 0 Å². The van der Waals surface area contributed by atoms with E-state index in [4.69, 9.17) is 4.42 Å². The average Bonchev–Trinajstić information content (AvgIpc) is 3.13. The van der Waals surface area contributed by atoms with E-state index in [1.165, 1.54) is 38.6 Å². The fraction of sp³-hybridized carbons (Fsp3) is 0.111. The Morgan fingerprint density at radius 3 is 1.86 bits per heavy atom. The summed E-state index contributed by atoms with van der Waals surface area (Å²) in [6.07, 6.45) is 0. The maximum atomic E-state index is 5.95. The molecule has 0 saturated carbocycles. The quantitative estimate of drug-likeness (QED) is 0.307. The standard InChI is InChI=1S/C25H18O.C2H6/c1-17-6-4-7-18(14-17)19-8-5-9-20(15-19)21-12-13-25-23(16-21)22-10-2-3-11-24(22)26-25;1-2/h2-16H,1H3;1-2H3. The van der Waals surface area contributed by atoms with Gasteiger partial charge in [-0.1, -0.05) is 86.1 Å². The first-order chi connectivity index (χ1) is 13.8. The first-order valence-electron chi connectivity index (χ1n) is 9.87. The lowest BCUT2D eigenvalue weighted by molar-refractivity contribution is 0.669. The van der Waals surface area contributed by atoms with E-state index in [9.17, 15) is 0 Å². The minimum Gasteiger partial charge on any atom is -0.456 e. The van der Waals surface area contributed by atoms with Gasteiger partial charge in [0.1, 0.15) is 11.2 Å². The summed E-state index contributed by atoms with van der Waals surface area (Å²) in [7, 11) is 0. The van der Waals surface area contributed by atoms with Gasteiger partial charge in [0.25, 0.3) is 0 Å². The molecule has 0 unspecified atom stereocenters. The van der Waals surface area contributed by atoms with E-state index in [1.807, 2.05) is 26.0 Å². The molecule has 0 aliphatic rings. The Morgan fingerprint density at radius 1 is 0.500 bits per heavy atom. The molecule has 1 nitrogen and oxygen atoms in total. The van der Waals surface area contributed by atoms with Gasteiger partial charge in [-0.3, -0.25) is 0 Å². The molecular formula is C27H24O. The molecule has 5 aromatic rings. The largest absolute Gasteiger partial charge is 0.456 e. The Hall–Kier alpha value is -3.32. The molecule has 28 heavy (non-hydrogen) atoms. The predicted octanol–water partition coefficient (Wildman–Crippen LogP) is 8.25. The van der Waals surface area contributed by atoms with Crippen LogP contribution in [0.4, 0.5) is 0 Å². The Morgan fingerprint density at radius 2 is 1.11 bits per heavy atom. The van der Waals surface area contributed by atoms with Crippen LogP contribution in [0.25, 0.3) is 44.2 Å². The van der Waals surface area contributed by atoms with Crippen LogP contribution >= 0.6 is 0 Å². The number of hydrogen-bond donors (Lipinski definition) is 0. The van der Waals surface area contributed by atoms with Crippen LogP contribution in [0.15, 0.2) is 95.4 Å². The fourth-order valence-electron chi connectivity index (χ4n) is 3.61. The van der Waals surface area contributed by atoms with Gasteiger partial charge in [-0.2, -0.15) is 0 Å². The molecule has 0 atom stereocenters. The molecule has 0 radical (unpaired) electrons. The number of rotatable bonds is 2. The van der Waals surface area contributed by atoms with Crippen LogP contribution in [0, 0.1) is 6.92 Å². The summed E-state index contributed by atoms with van der Waals surface area (Å²) >= 11 is 0. The lowest BCUT2D eigenvalue weighted by atomic mass is 9.97. The predicted molar refractivity (Wildman–Crippen MR) is 121 cm³/mol. The number of para-hydroxylation sites is 1. The highest BCUT2D eigenvalue weighted by molar-refractivity contribution is 6.06. The monoisotopic (exact) mass is 364 g/mol. The average molecular weight is 364 g/mol. The SMILES string of the molecule is CC.Cc1cccc(-c2cccc(-c3ccc4oc5ccccc5c4c3)c2)c1.